The van der Waals surface area contributed by atoms with Crippen molar-refractivity contribution in [3.05, 3.63) is 34.4 Å². The monoisotopic (exact) mass is 209 g/mol. The molecule has 3 nitrogen and oxygen atoms in total. The molecule has 1 rings (SSSR count). The molecule has 0 aliphatic heterocycles. The van der Waals surface area contributed by atoms with Crippen LogP contribution in [-0.4, -0.2) is 11.1 Å². The molecule has 0 bridgehead atoms. The number of benzene rings is 1. The van der Waals surface area contributed by atoms with Crippen molar-refractivity contribution < 1.29 is 9.90 Å². The van der Waals surface area contributed by atoms with Gasteiger partial charge in [-0.3, -0.25) is 0 Å². The lowest BCUT2D eigenvalue weighted by Gasteiger charge is -2.06. The van der Waals surface area contributed by atoms with Crippen LogP contribution in [0, 0.1) is 18.3 Å². The van der Waals surface area contributed by atoms with Gasteiger partial charge in [-0.05, 0) is 18.1 Å². The molecular weight excluding hydrogens is 202 g/mol. The molecule has 0 saturated carbocycles. The van der Waals surface area contributed by atoms with Gasteiger partial charge < -0.3 is 5.11 Å². The van der Waals surface area contributed by atoms with E-state index in [2.05, 4.69) is 0 Å². The molecule has 0 amide bonds. The van der Waals surface area contributed by atoms with Gasteiger partial charge in [0.2, 0.25) is 0 Å². The normalized spacial score (nSPS) is 9.50. The third kappa shape index (κ3) is 1.70. The summed E-state index contributed by atoms with van der Waals surface area (Å²) in [7, 11) is 0. The van der Waals surface area contributed by atoms with Crippen molar-refractivity contribution in [2.75, 3.05) is 0 Å². The van der Waals surface area contributed by atoms with Crippen LogP contribution in [0.3, 0.4) is 0 Å². The standard InChI is InChI=1S/C10H8ClNO2/c1-6-2-3-7(4-11)9(10(13)14)8(6)5-12/h2-3H,4H2,1H3,(H,13,14). The number of rotatable bonds is 2. The Morgan fingerprint density at radius 2 is 2.29 bits per heavy atom. The second-order valence-corrected chi connectivity index (χ2v) is 3.11. The number of carbonyl (C=O) groups is 1. The predicted octanol–water partition coefficient (Wildman–Crippen LogP) is 2.30. The number of nitrogens with zero attached hydrogens (tertiary/aromatic N) is 1. The Kier molecular flexibility index (Phi) is 3.10. The Bertz CT molecular complexity index is 421. The quantitative estimate of drug-likeness (QED) is 0.761. The summed E-state index contributed by atoms with van der Waals surface area (Å²) in [4.78, 5) is 10.9. The summed E-state index contributed by atoms with van der Waals surface area (Å²) < 4.78 is 0. The molecule has 0 aromatic heterocycles. The number of halogens is 1. The van der Waals surface area contributed by atoms with Crippen LogP contribution in [0.5, 0.6) is 0 Å². The highest BCUT2D eigenvalue weighted by atomic mass is 35.5. The first-order valence-electron chi connectivity index (χ1n) is 3.93. The van der Waals surface area contributed by atoms with E-state index in [-0.39, 0.29) is 17.0 Å². The summed E-state index contributed by atoms with van der Waals surface area (Å²) in [6.07, 6.45) is 0. The van der Waals surface area contributed by atoms with Gasteiger partial charge in [-0.1, -0.05) is 12.1 Å². The van der Waals surface area contributed by atoms with Crippen molar-refractivity contribution in [2.45, 2.75) is 12.8 Å². The minimum Gasteiger partial charge on any atom is -0.478 e. The van der Waals surface area contributed by atoms with Gasteiger partial charge in [0.1, 0.15) is 6.07 Å². The predicted molar refractivity (Wildman–Crippen MR) is 52.4 cm³/mol. The Morgan fingerprint density at radius 1 is 1.64 bits per heavy atom. The summed E-state index contributed by atoms with van der Waals surface area (Å²) in [5.41, 5.74) is 1.33. The maximum atomic E-state index is 10.9. The fourth-order valence-corrected chi connectivity index (χ4v) is 1.47. The number of carboxylic acids is 1. The van der Waals surface area contributed by atoms with Crippen LogP contribution in [-0.2, 0) is 5.88 Å². The van der Waals surface area contributed by atoms with E-state index < -0.39 is 5.97 Å². The number of alkyl halides is 1. The van der Waals surface area contributed by atoms with Gasteiger partial charge in [-0.25, -0.2) is 4.79 Å². The Labute approximate surface area is 86.5 Å². The lowest BCUT2D eigenvalue weighted by atomic mass is 9.98. The van der Waals surface area contributed by atoms with Gasteiger partial charge >= 0.3 is 5.97 Å². The molecule has 0 fully saturated rings. The van der Waals surface area contributed by atoms with E-state index in [1.54, 1.807) is 19.1 Å². The topological polar surface area (TPSA) is 61.1 Å². The van der Waals surface area contributed by atoms with E-state index in [0.29, 0.717) is 11.1 Å². The van der Waals surface area contributed by atoms with Crippen molar-refractivity contribution in [1.29, 1.82) is 5.26 Å². The van der Waals surface area contributed by atoms with E-state index in [4.69, 9.17) is 22.0 Å². The molecular formula is C10H8ClNO2. The SMILES string of the molecule is Cc1ccc(CCl)c(C(=O)O)c1C#N. The summed E-state index contributed by atoms with van der Waals surface area (Å²) in [6.45, 7) is 1.70. The zero-order valence-corrected chi connectivity index (χ0v) is 8.30. The van der Waals surface area contributed by atoms with Crippen LogP contribution in [0.4, 0.5) is 0 Å². The largest absolute Gasteiger partial charge is 0.478 e. The molecule has 0 unspecified atom stereocenters. The molecule has 72 valence electrons. The molecule has 0 radical (unpaired) electrons. The highest BCUT2D eigenvalue weighted by Gasteiger charge is 2.16. The smallest absolute Gasteiger partial charge is 0.337 e. The number of carboxylic acid groups (broad SMARTS) is 1. The summed E-state index contributed by atoms with van der Waals surface area (Å²) in [5.74, 6) is -1.02. The van der Waals surface area contributed by atoms with Gasteiger partial charge in [0.05, 0.1) is 11.1 Å². The molecule has 4 heteroatoms. The summed E-state index contributed by atoms with van der Waals surface area (Å²) in [5, 5.41) is 17.7. The van der Waals surface area contributed by atoms with Gasteiger partial charge in [-0.2, -0.15) is 5.26 Å². The first-order chi connectivity index (χ1) is 6.61. The van der Waals surface area contributed by atoms with Crippen LogP contribution in [0.15, 0.2) is 12.1 Å². The highest BCUT2D eigenvalue weighted by Crippen LogP contribution is 2.19. The first-order valence-corrected chi connectivity index (χ1v) is 4.47. The lowest BCUT2D eigenvalue weighted by Crippen LogP contribution is -2.06. The lowest BCUT2D eigenvalue weighted by molar-refractivity contribution is 0.0695. The van der Waals surface area contributed by atoms with Gasteiger partial charge in [-0.15, -0.1) is 11.6 Å². The molecule has 1 aromatic carbocycles. The third-order valence-corrected chi connectivity index (χ3v) is 2.26. The maximum absolute atomic E-state index is 10.9. The molecule has 14 heavy (non-hydrogen) atoms. The van der Waals surface area contributed by atoms with Crippen molar-refractivity contribution in [3.63, 3.8) is 0 Å². The molecule has 1 N–H and O–H groups in total. The van der Waals surface area contributed by atoms with Gasteiger partial charge in [0.25, 0.3) is 0 Å². The Balaban J connectivity index is 3.54. The number of hydrogen-bond donors (Lipinski definition) is 1. The van der Waals surface area contributed by atoms with Crippen LogP contribution >= 0.6 is 11.6 Å². The average molecular weight is 210 g/mol. The van der Waals surface area contributed by atoms with Crippen LogP contribution in [0.2, 0.25) is 0 Å². The molecule has 0 atom stereocenters. The molecule has 0 aliphatic rings. The number of aryl methyl sites for hydroxylation is 1. The highest BCUT2D eigenvalue weighted by molar-refractivity contribution is 6.17. The van der Waals surface area contributed by atoms with Crippen molar-refractivity contribution in [1.82, 2.24) is 0 Å². The van der Waals surface area contributed by atoms with E-state index in [1.165, 1.54) is 0 Å². The number of nitriles is 1. The van der Waals surface area contributed by atoms with Gasteiger partial charge in [0.15, 0.2) is 0 Å². The first kappa shape index (κ1) is 10.6. The number of hydrogen-bond acceptors (Lipinski definition) is 2. The molecule has 1 aromatic rings. The second kappa shape index (κ2) is 4.12. The fraction of sp³-hybridized carbons (Fsp3) is 0.200. The summed E-state index contributed by atoms with van der Waals surface area (Å²) in [6, 6.07) is 5.21. The zero-order valence-electron chi connectivity index (χ0n) is 7.54. The fourth-order valence-electron chi connectivity index (χ4n) is 1.25. The number of aromatic carboxylic acids is 1. The molecule has 0 aliphatic carbocycles. The zero-order chi connectivity index (χ0) is 10.7. The molecule has 0 spiro atoms. The second-order valence-electron chi connectivity index (χ2n) is 2.84. The van der Waals surface area contributed by atoms with Crippen LogP contribution in [0.1, 0.15) is 27.0 Å². The maximum Gasteiger partial charge on any atom is 0.337 e. The average Bonchev–Trinajstić information content (AvgIpc) is 2.17. The summed E-state index contributed by atoms with van der Waals surface area (Å²) >= 11 is 5.58. The van der Waals surface area contributed by atoms with Crippen molar-refractivity contribution in [2.24, 2.45) is 0 Å². The Hall–Kier alpha value is -1.53. The van der Waals surface area contributed by atoms with Gasteiger partial charge in [0, 0.05) is 5.88 Å². The van der Waals surface area contributed by atoms with E-state index in [0.717, 1.165) is 0 Å². The Morgan fingerprint density at radius 3 is 2.71 bits per heavy atom. The van der Waals surface area contributed by atoms with Crippen molar-refractivity contribution >= 4 is 17.6 Å². The van der Waals surface area contributed by atoms with E-state index >= 15 is 0 Å². The minimum absolute atomic E-state index is 0.0162. The van der Waals surface area contributed by atoms with Crippen molar-refractivity contribution in [3.8, 4) is 6.07 Å². The molecule has 0 heterocycles. The van der Waals surface area contributed by atoms with Crippen LogP contribution < -0.4 is 0 Å². The molecule has 0 saturated heterocycles. The third-order valence-electron chi connectivity index (χ3n) is 1.97. The van der Waals surface area contributed by atoms with Crippen LogP contribution in [0.25, 0.3) is 0 Å². The minimum atomic E-state index is -1.11. The van der Waals surface area contributed by atoms with E-state index in [9.17, 15) is 4.79 Å². The van der Waals surface area contributed by atoms with E-state index in [1.807, 2.05) is 6.07 Å².